The van der Waals surface area contributed by atoms with Gasteiger partial charge in [-0.2, -0.15) is 0 Å². The Kier molecular flexibility index (Phi) is 4.56. The van der Waals surface area contributed by atoms with Gasteiger partial charge in [-0.1, -0.05) is 18.3 Å². The lowest BCUT2D eigenvalue weighted by molar-refractivity contribution is 0.602. The Balaban J connectivity index is 2.62. The molecule has 0 saturated heterocycles. The minimum absolute atomic E-state index is 0.0400. The molecule has 0 N–H and O–H groups in total. The summed E-state index contributed by atoms with van der Waals surface area (Å²) in [7, 11) is -3.06. The van der Waals surface area contributed by atoms with Crippen LogP contribution in [0.5, 0.6) is 0 Å². The molecule has 0 spiro atoms. The van der Waals surface area contributed by atoms with Gasteiger partial charge in [-0.05, 0) is 12.8 Å². The second kappa shape index (κ2) is 5.73. The van der Waals surface area contributed by atoms with Crippen molar-refractivity contribution >= 4 is 9.84 Å². The van der Waals surface area contributed by atoms with Crippen molar-refractivity contribution in [3.8, 4) is 23.7 Å². The van der Waals surface area contributed by atoms with Crippen molar-refractivity contribution < 1.29 is 8.42 Å². The molecule has 0 radical (unpaired) electrons. The number of rotatable bonds is 0. The average Bonchev–Trinajstić information content (AvgIpc) is 2.11. The van der Waals surface area contributed by atoms with Crippen molar-refractivity contribution in [1.82, 2.24) is 0 Å². The Hall–Kier alpha value is -0.930. The molecule has 1 rings (SSSR count). The van der Waals surface area contributed by atoms with E-state index in [0.717, 1.165) is 32.1 Å². The van der Waals surface area contributed by atoms with E-state index in [-0.39, 0.29) is 11.5 Å². The van der Waals surface area contributed by atoms with Crippen LogP contribution in [0.3, 0.4) is 0 Å². The molecular formula is C11H14O2S. The van der Waals surface area contributed by atoms with Gasteiger partial charge in [0, 0.05) is 12.8 Å². The van der Waals surface area contributed by atoms with Crippen LogP contribution in [-0.4, -0.2) is 19.9 Å². The third-order valence-corrected chi connectivity index (χ3v) is 3.11. The minimum Gasteiger partial charge on any atom is -0.227 e. The first-order valence-corrected chi connectivity index (χ1v) is 6.65. The van der Waals surface area contributed by atoms with Crippen LogP contribution in [0.1, 0.15) is 32.1 Å². The minimum atomic E-state index is -3.06. The second-order valence-corrected chi connectivity index (χ2v) is 5.36. The Labute approximate surface area is 86.0 Å². The third kappa shape index (κ3) is 4.94. The van der Waals surface area contributed by atoms with E-state index in [4.69, 9.17) is 0 Å². The predicted molar refractivity (Wildman–Crippen MR) is 57.3 cm³/mol. The highest BCUT2D eigenvalue weighted by molar-refractivity contribution is 7.91. The molecule has 1 aliphatic rings. The quantitative estimate of drug-likeness (QED) is 0.566. The van der Waals surface area contributed by atoms with E-state index < -0.39 is 9.84 Å². The maximum Gasteiger partial charge on any atom is 0.172 e. The van der Waals surface area contributed by atoms with E-state index in [9.17, 15) is 8.42 Å². The first-order valence-electron chi connectivity index (χ1n) is 4.82. The first kappa shape index (κ1) is 11.1. The fourth-order valence-corrected chi connectivity index (χ4v) is 1.90. The zero-order valence-electron chi connectivity index (χ0n) is 8.17. The fourth-order valence-electron chi connectivity index (χ4n) is 1.15. The SMILES string of the molecule is O=S1(=O)CC#CCCCCCC#CC1. The number of hydrogen-bond donors (Lipinski definition) is 0. The van der Waals surface area contributed by atoms with Crippen LogP contribution in [0.4, 0.5) is 0 Å². The lowest BCUT2D eigenvalue weighted by Gasteiger charge is -1.95. The van der Waals surface area contributed by atoms with Crippen molar-refractivity contribution in [2.24, 2.45) is 0 Å². The summed E-state index contributed by atoms with van der Waals surface area (Å²) in [6, 6.07) is 0. The molecule has 0 bridgehead atoms. The van der Waals surface area contributed by atoms with Crippen LogP contribution < -0.4 is 0 Å². The topological polar surface area (TPSA) is 34.1 Å². The molecule has 0 unspecified atom stereocenters. The van der Waals surface area contributed by atoms with E-state index in [0.29, 0.717) is 0 Å². The molecule has 1 heterocycles. The Morgan fingerprint density at radius 3 is 1.71 bits per heavy atom. The van der Waals surface area contributed by atoms with Crippen LogP contribution in [0.25, 0.3) is 0 Å². The maximum absolute atomic E-state index is 11.3. The summed E-state index contributed by atoms with van der Waals surface area (Å²) in [5.41, 5.74) is 0. The largest absolute Gasteiger partial charge is 0.227 e. The first-order chi connectivity index (χ1) is 6.71. The van der Waals surface area contributed by atoms with Crippen molar-refractivity contribution in [3.63, 3.8) is 0 Å². The van der Waals surface area contributed by atoms with E-state index >= 15 is 0 Å². The van der Waals surface area contributed by atoms with Crippen LogP contribution in [0.2, 0.25) is 0 Å². The highest BCUT2D eigenvalue weighted by atomic mass is 32.2. The maximum atomic E-state index is 11.3. The van der Waals surface area contributed by atoms with Gasteiger partial charge < -0.3 is 0 Å². The summed E-state index contributed by atoms with van der Waals surface area (Å²) in [4.78, 5) is 0. The molecule has 0 aromatic carbocycles. The van der Waals surface area contributed by atoms with E-state index in [1.807, 2.05) is 0 Å². The van der Waals surface area contributed by atoms with Gasteiger partial charge >= 0.3 is 0 Å². The Morgan fingerprint density at radius 2 is 1.21 bits per heavy atom. The summed E-state index contributed by atoms with van der Waals surface area (Å²) in [5.74, 6) is 11.1. The van der Waals surface area contributed by atoms with Gasteiger partial charge in [-0.3, -0.25) is 0 Å². The van der Waals surface area contributed by atoms with E-state index in [1.54, 1.807) is 0 Å². The van der Waals surface area contributed by atoms with Crippen LogP contribution in [-0.2, 0) is 9.84 Å². The smallest absolute Gasteiger partial charge is 0.172 e. The molecule has 0 fully saturated rings. The Morgan fingerprint density at radius 1 is 0.714 bits per heavy atom. The van der Waals surface area contributed by atoms with E-state index in [1.165, 1.54) is 0 Å². The molecule has 0 saturated carbocycles. The molecule has 0 aliphatic carbocycles. The molecule has 14 heavy (non-hydrogen) atoms. The highest BCUT2D eigenvalue weighted by Gasteiger charge is 2.05. The van der Waals surface area contributed by atoms with Crippen LogP contribution >= 0.6 is 0 Å². The summed E-state index contributed by atoms with van der Waals surface area (Å²) >= 11 is 0. The second-order valence-electron chi connectivity index (χ2n) is 3.30. The van der Waals surface area contributed by atoms with Gasteiger partial charge in [0.25, 0.3) is 0 Å². The summed E-state index contributed by atoms with van der Waals surface area (Å²) < 4.78 is 22.6. The molecule has 1 aliphatic heterocycles. The summed E-state index contributed by atoms with van der Waals surface area (Å²) in [6.07, 6.45) is 4.85. The lowest BCUT2D eigenvalue weighted by atomic mass is 10.1. The monoisotopic (exact) mass is 210 g/mol. The molecule has 0 atom stereocenters. The molecule has 0 aromatic heterocycles. The van der Waals surface area contributed by atoms with Gasteiger partial charge in [-0.15, -0.1) is 11.8 Å². The fraction of sp³-hybridized carbons (Fsp3) is 0.636. The zero-order valence-corrected chi connectivity index (χ0v) is 8.99. The van der Waals surface area contributed by atoms with Crippen LogP contribution in [0.15, 0.2) is 0 Å². The highest BCUT2D eigenvalue weighted by Crippen LogP contribution is 2.02. The van der Waals surface area contributed by atoms with Crippen molar-refractivity contribution in [2.45, 2.75) is 32.1 Å². The normalized spacial score (nSPS) is 21.4. The molecule has 0 amide bonds. The molecule has 76 valence electrons. The number of sulfone groups is 1. The molecular weight excluding hydrogens is 196 g/mol. The summed E-state index contributed by atoms with van der Waals surface area (Å²) in [5, 5.41) is 0. The molecule has 2 nitrogen and oxygen atoms in total. The van der Waals surface area contributed by atoms with E-state index in [2.05, 4.69) is 23.7 Å². The van der Waals surface area contributed by atoms with Gasteiger partial charge in [0.15, 0.2) is 9.84 Å². The van der Waals surface area contributed by atoms with Gasteiger partial charge in [0.05, 0.1) is 0 Å². The van der Waals surface area contributed by atoms with Gasteiger partial charge in [0.1, 0.15) is 11.5 Å². The van der Waals surface area contributed by atoms with Gasteiger partial charge in [0.2, 0.25) is 0 Å². The van der Waals surface area contributed by atoms with Crippen LogP contribution in [0, 0.1) is 23.7 Å². The zero-order chi connectivity index (χ0) is 10.3. The number of hydrogen-bond acceptors (Lipinski definition) is 2. The lowest BCUT2D eigenvalue weighted by Crippen LogP contribution is -2.08. The standard InChI is InChI=1S/C11H14O2S/c12-14(13)10-8-6-4-2-1-3-5-7-9-11-14/h1-5,10-11H2. The summed E-state index contributed by atoms with van der Waals surface area (Å²) in [6.45, 7) is 0. The van der Waals surface area contributed by atoms with Gasteiger partial charge in [-0.25, -0.2) is 8.42 Å². The van der Waals surface area contributed by atoms with Crippen molar-refractivity contribution in [1.29, 1.82) is 0 Å². The van der Waals surface area contributed by atoms with Crippen molar-refractivity contribution in [2.75, 3.05) is 11.5 Å². The average molecular weight is 210 g/mol. The molecule has 0 aromatic rings. The van der Waals surface area contributed by atoms with Crippen molar-refractivity contribution in [3.05, 3.63) is 0 Å². The predicted octanol–water partition coefficient (Wildman–Crippen LogP) is 1.37. The molecule has 3 heteroatoms. The third-order valence-electron chi connectivity index (χ3n) is 1.94. The Bertz CT molecular complexity index is 352.